The van der Waals surface area contributed by atoms with Gasteiger partial charge in [0.05, 0.1) is 0 Å². The Labute approximate surface area is 122 Å². The molecule has 102 valence electrons. The molecule has 0 aliphatic carbocycles. The molecule has 1 atom stereocenters. The summed E-state index contributed by atoms with van der Waals surface area (Å²) in [5.74, 6) is 0.860. The van der Waals surface area contributed by atoms with E-state index in [1.807, 2.05) is 16.8 Å². The molecule has 1 aromatic heterocycles. The maximum Gasteiger partial charge on any atom is 0.138 e. The van der Waals surface area contributed by atoms with Crippen LogP contribution in [0.5, 0.6) is 0 Å². The highest BCUT2D eigenvalue weighted by Crippen LogP contribution is 2.24. The molecule has 0 aliphatic heterocycles. The van der Waals surface area contributed by atoms with Gasteiger partial charge in [0.15, 0.2) is 0 Å². The molecular weight excluding hydrogens is 283 g/mol. The average Bonchev–Trinajstić information content (AvgIpc) is 2.75. The highest BCUT2D eigenvalue weighted by molar-refractivity contribution is 6.34. The largest absolute Gasteiger partial charge is 0.324 e. The van der Waals surface area contributed by atoms with Gasteiger partial charge in [-0.25, -0.2) is 9.67 Å². The molecule has 1 unspecified atom stereocenters. The van der Waals surface area contributed by atoms with Crippen molar-refractivity contribution in [2.24, 2.45) is 5.73 Å². The minimum atomic E-state index is -0.210. The molecule has 0 saturated carbocycles. The predicted molar refractivity (Wildman–Crippen MR) is 77.5 cm³/mol. The number of rotatable bonds is 4. The quantitative estimate of drug-likeness (QED) is 0.941. The normalized spacial score (nSPS) is 12.9. The van der Waals surface area contributed by atoms with Crippen molar-refractivity contribution in [1.29, 1.82) is 0 Å². The van der Waals surface area contributed by atoms with Crippen LogP contribution in [0.15, 0.2) is 24.5 Å². The Bertz CT molecular complexity index is 545. The Kier molecular flexibility index (Phi) is 4.45. The van der Waals surface area contributed by atoms with E-state index >= 15 is 0 Å². The molecule has 0 spiro atoms. The van der Waals surface area contributed by atoms with Crippen molar-refractivity contribution in [3.8, 4) is 0 Å². The Hall–Kier alpha value is -1.10. The summed E-state index contributed by atoms with van der Waals surface area (Å²) in [4.78, 5) is 4.25. The van der Waals surface area contributed by atoms with Gasteiger partial charge < -0.3 is 5.73 Å². The lowest BCUT2D eigenvalue weighted by molar-refractivity contribution is 0.493. The van der Waals surface area contributed by atoms with Gasteiger partial charge in [-0.05, 0) is 37.6 Å². The van der Waals surface area contributed by atoms with Gasteiger partial charge >= 0.3 is 0 Å². The third-order valence-corrected chi connectivity index (χ3v) is 3.29. The van der Waals surface area contributed by atoms with Crippen LogP contribution in [-0.4, -0.2) is 14.8 Å². The predicted octanol–water partition coefficient (Wildman–Crippen LogP) is 3.41. The highest BCUT2D eigenvalue weighted by Gasteiger charge is 2.14. The molecule has 2 rings (SSSR count). The fraction of sp³-hybridized carbons (Fsp3) is 0.385. The van der Waals surface area contributed by atoms with Crippen LogP contribution in [0.3, 0.4) is 0 Å². The topological polar surface area (TPSA) is 56.7 Å². The molecule has 4 nitrogen and oxygen atoms in total. The Morgan fingerprint density at radius 2 is 1.84 bits per heavy atom. The van der Waals surface area contributed by atoms with E-state index in [9.17, 15) is 0 Å². The zero-order valence-electron chi connectivity index (χ0n) is 10.8. The molecule has 2 N–H and O–H groups in total. The lowest BCUT2D eigenvalue weighted by atomic mass is 10.0. The maximum atomic E-state index is 6.19. The number of hydrogen-bond donors (Lipinski definition) is 1. The summed E-state index contributed by atoms with van der Waals surface area (Å²) in [6.07, 6.45) is 2.14. The molecule has 0 aliphatic rings. The van der Waals surface area contributed by atoms with Gasteiger partial charge in [0.1, 0.15) is 12.2 Å². The molecule has 2 aromatic rings. The van der Waals surface area contributed by atoms with Crippen molar-refractivity contribution in [1.82, 2.24) is 14.8 Å². The lowest BCUT2D eigenvalue weighted by Gasteiger charge is -2.15. The van der Waals surface area contributed by atoms with Gasteiger partial charge in [0, 0.05) is 28.5 Å². The molecule has 0 radical (unpaired) electrons. The molecule has 0 bridgehead atoms. The number of nitrogens with zero attached hydrogens (tertiary/aromatic N) is 3. The lowest BCUT2D eigenvalue weighted by Crippen LogP contribution is -2.18. The first-order valence-corrected chi connectivity index (χ1v) is 6.83. The first-order chi connectivity index (χ1) is 8.97. The van der Waals surface area contributed by atoms with E-state index < -0.39 is 0 Å². The maximum absolute atomic E-state index is 6.19. The van der Waals surface area contributed by atoms with E-state index in [1.54, 1.807) is 12.4 Å². The van der Waals surface area contributed by atoms with E-state index in [1.165, 1.54) is 0 Å². The number of benzene rings is 1. The van der Waals surface area contributed by atoms with Gasteiger partial charge in [-0.2, -0.15) is 5.10 Å². The summed E-state index contributed by atoms with van der Waals surface area (Å²) in [5.41, 5.74) is 7.09. The van der Waals surface area contributed by atoms with Crippen LogP contribution < -0.4 is 5.73 Å². The molecule has 19 heavy (non-hydrogen) atoms. The Morgan fingerprint density at radius 3 is 2.42 bits per heavy atom. The number of nitrogens with two attached hydrogens (primary N) is 1. The first-order valence-electron chi connectivity index (χ1n) is 6.07. The second-order valence-corrected chi connectivity index (χ2v) is 5.60. The summed E-state index contributed by atoms with van der Waals surface area (Å²) in [6.45, 7) is 4.11. The Morgan fingerprint density at radius 1 is 1.21 bits per heavy atom. The minimum Gasteiger partial charge on any atom is -0.324 e. The third-order valence-electron chi connectivity index (χ3n) is 2.85. The van der Waals surface area contributed by atoms with Gasteiger partial charge in [0.2, 0.25) is 0 Å². The summed E-state index contributed by atoms with van der Waals surface area (Å²) in [6, 6.07) is 5.39. The number of hydrogen-bond acceptors (Lipinski definition) is 3. The molecular formula is C13H16Cl2N4. The zero-order valence-corrected chi connectivity index (χ0v) is 12.4. The molecule has 0 fully saturated rings. The van der Waals surface area contributed by atoms with Crippen molar-refractivity contribution in [3.63, 3.8) is 0 Å². The summed E-state index contributed by atoms with van der Waals surface area (Å²) in [7, 11) is 0. The van der Waals surface area contributed by atoms with Gasteiger partial charge in [0.25, 0.3) is 0 Å². The molecule has 6 heteroatoms. The van der Waals surface area contributed by atoms with Crippen molar-refractivity contribution < 1.29 is 0 Å². The van der Waals surface area contributed by atoms with E-state index in [-0.39, 0.29) is 12.1 Å². The average molecular weight is 299 g/mol. The van der Waals surface area contributed by atoms with Crippen LogP contribution in [-0.2, 0) is 6.42 Å². The fourth-order valence-corrected chi connectivity index (χ4v) is 2.50. The second-order valence-electron chi connectivity index (χ2n) is 4.73. The molecule has 1 heterocycles. The van der Waals surface area contributed by atoms with Crippen LogP contribution in [0.4, 0.5) is 0 Å². The fourth-order valence-electron chi connectivity index (χ4n) is 1.96. The third kappa shape index (κ3) is 3.47. The standard InChI is InChI=1S/C13H16Cl2N4/c1-8(2)19-13(17-7-18-19)6-12(16)9-3-10(14)5-11(15)4-9/h3-5,7-8,12H,6,16H2,1-2H3. The van der Waals surface area contributed by atoms with E-state index in [0.29, 0.717) is 16.5 Å². The van der Waals surface area contributed by atoms with Crippen molar-refractivity contribution in [2.75, 3.05) is 0 Å². The van der Waals surface area contributed by atoms with Crippen LogP contribution in [0, 0.1) is 0 Å². The summed E-state index contributed by atoms with van der Waals surface area (Å²) < 4.78 is 1.87. The van der Waals surface area contributed by atoms with Crippen LogP contribution in [0.2, 0.25) is 10.0 Å². The summed E-state index contributed by atoms with van der Waals surface area (Å²) in [5, 5.41) is 5.37. The SMILES string of the molecule is CC(C)n1ncnc1CC(N)c1cc(Cl)cc(Cl)c1. The second kappa shape index (κ2) is 5.90. The summed E-state index contributed by atoms with van der Waals surface area (Å²) >= 11 is 12.0. The smallest absolute Gasteiger partial charge is 0.138 e. The first kappa shape index (κ1) is 14.3. The molecule has 0 saturated heterocycles. The Balaban J connectivity index is 2.20. The van der Waals surface area contributed by atoms with Crippen molar-refractivity contribution in [2.45, 2.75) is 32.4 Å². The number of halogens is 2. The van der Waals surface area contributed by atoms with Crippen LogP contribution >= 0.6 is 23.2 Å². The van der Waals surface area contributed by atoms with Gasteiger partial charge in [-0.3, -0.25) is 0 Å². The monoisotopic (exact) mass is 298 g/mol. The van der Waals surface area contributed by atoms with E-state index in [4.69, 9.17) is 28.9 Å². The van der Waals surface area contributed by atoms with Gasteiger partial charge in [-0.15, -0.1) is 0 Å². The van der Waals surface area contributed by atoms with Crippen LogP contribution in [0.25, 0.3) is 0 Å². The zero-order chi connectivity index (χ0) is 14.0. The van der Waals surface area contributed by atoms with Crippen LogP contribution in [0.1, 0.15) is 37.3 Å². The van der Waals surface area contributed by atoms with Crippen molar-refractivity contribution in [3.05, 3.63) is 46.0 Å². The number of aromatic nitrogens is 3. The molecule has 0 amide bonds. The minimum absolute atomic E-state index is 0.210. The molecule has 1 aromatic carbocycles. The van der Waals surface area contributed by atoms with Gasteiger partial charge in [-0.1, -0.05) is 23.2 Å². The highest BCUT2D eigenvalue weighted by atomic mass is 35.5. The van der Waals surface area contributed by atoms with E-state index in [0.717, 1.165) is 11.4 Å². The van der Waals surface area contributed by atoms with Crippen molar-refractivity contribution >= 4 is 23.2 Å². The van der Waals surface area contributed by atoms with E-state index in [2.05, 4.69) is 23.9 Å².